The number of hydrogen-bond acceptors (Lipinski definition) is 6. The minimum atomic E-state index is -0.919. The summed E-state index contributed by atoms with van der Waals surface area (Å²) in [6, 6.07) is 21.3. The molecule has 202 valence electrons. The smallest absolute Gasteiger partial charge is 0.307 e. The number of ether oxygens (including phenoxy) is 1. The molecular weight excluding hydrogens is 506 g/mol. The number of nitrogen functional groups attached to an aromatic ring is 1. The molecule has 0 atom stereocenters. The summed E-state index contributed by atoms with van der Waals surface area (Å²) < 4.78 is 8.22. The van der Waals surface area contributed by atoms with Crippen LogP contribution in [0.15, 0.2) is 72.9 Å². The summed E-state index contributed by atoms with van der Waals surface area (Å²) in [6.07, 6.45) is 2.06. The van der Waals surface area contributed by atoms with E-state index in [2.05, 4.69) is 17.1 Å². The van der Waals surface area contributed by atoms with E-state index in [-0.39, 0.29) is 25.0 Å². The van der Waals surface area contributed by atoms with E-state index in [9.17, 15) is 14.7 Å². The molecule has 1 fully saturated rings. The zero-order chi connectivity index (χ0) is 27.8. The molecule has 0 unspecified atom stereocenters. The number of pyridine rings is 1. The first-order valence-corrected chi connectivity index (χ1v) is 13.3. The van der Waals surface area contributed by atoms with Gasteiger partial charge in [0, 0.05) is 42.0 Å². The molecule has 40 heavy (non-hydrogen) atoms. The number of fused-ring (bicyclic) bond motifs is 2. The van der Waals surface area contributed by atoms with Crippen molar-refractivity contribution in [3.8, 4) is 16.9 Å². The average molecular weight is 536 g/mol. The number of hydrogen-bond donors (Lipinski definition) is 2. The summed E-state index contributed by atoms with van der Waals surface area (Å²) >= 11 is 0. The van der Waals surface area contributed by atoms with Crippen LogP contribution in [-0.2, 0) is 22.6 Å². The van der Waals surface area contributed by atoms with E-state index in [1.54, 1.807) is 24.4 Å². The Balaban J connectivity index is 1.42. The number of amides is 1. The maximum atomic E-state index is 12.2. The average Bonchev–Trinajstić information content (AvgIpc) is 3.28. The predicted molar refractivity (Wildman–Crippen MR) is 153 cm³/mol. The van der Waals surface area contributed by atoms with Gasteiger partial charge in [-0.2, -0.15) is 5.10 Å². The monoisotopic (exact) mass is 535 g/mol. The van der Waals surface area contributed by atoms with Gasteiger partial charge in [0.05, 0.1) is 23.7 Å². The lowest BCUT2D eigenvalue weighted by Crippen LogP contribution is -2.51. The van der Waals surface area contributed by atoms with Crippen LogP contribution in [0.2, 0.25) is 0 Å². The molecule has 1 saturated heterocycles. The van der Waals surface area contributed by atoms with Crippen LogP contribution in [0.4, 0.5) is 5.82 Å². The second kappa shape index (κ2) is 10.3. The first-order chi connectivity index (χ1) is 19.4. The minimum Gasteiger partial charge on any atom is -0.487 e. The summed E-state index contributed by atoms with van der Waals surface area (Å²) in [5.41, 5.74) is 10.5. The number of carbonyl (C=O) groups is 2. The van der Waals surface area contributed by atoms with Crippen molar-refractivity contribution in [2.45, 2.75) is 32.4 Å². The molecule has 1 aliphatic heterocycles. The number of nitrogens with two attached hydrogens (primary N) is 1. The van der Waals surface area contributed by atoms with E-state index < -0.39 is 5.97 Å². The first-order valence-electron chi connectivity index (χ1n) is 13.3. The van der Waals surface area contributed by atoms with Gasteiger partial charge in [-0.25, -0.2) is 4.98 Å². The fraction of sp³-hybridized carbons (Fsp3) is 0.226. The van der Waals surface area contributed by atoms with Gasteiger partial charge in [0.25, 0.3) is 0 Å². The molecule has 0 aliphatic carbocycles. The van der Waals surface area contributed by atoms with Gasteiger partial charge in [-0.3, -0.25) is 14.3 Å². The summed E-state index contributed by atoms with van der Waals surface area (Å²) in [5.74, 6) is 0.214. The van der Waals surface area contributed by atoms with E-state index >= 15 is 0 Å². The number of aliphatic carboxylic acids is 1. The van der Waals surface area contributed by atoms with Crippen molar-refractivity contribution < 1.29 is 19.4 Å². The molecule has 0 spiro atoms. The third-order valence-electron chi connectivity index (χ3n) is 7.49. The largest absolute Gasteiger partial charge is 0.487 e. The molecule has 3 aromatic carbocycles. The topological polar surface area (TPSA) is 124 Å². The maximum Gasteiger partial charge on any atom is 0.307 e. The highest BCUT2D eigenvalue weighted by Gasteiger charge is 2.33. The molecule has 9 heteroatoms. The lowest BCUT2D eigenvalue weighted by atomic mass is 9.97. The van der Waals surface area contributed by atoms with Crippen molar-refractivity contribution >= 4 is 39.4 Å². The number of benzene rings is 3. The van der Waals surface area contributed by atoms with E-state index in [1.807, 2.05) is 52.9 Å². The zero-order valence-electron chi connectivity index (χ0n) is 22.1. The molecule has 3 N–H and O–H groups in total. The van der Waals surface area contributed by atoms with Crippen LogP contribution in [0, 0.1) is 0 Å². The van der Waals surface area contributed by atoms with Gasteiger partial charge >= 0.3 is 5.97 Å². The molecule has 2 aromatic heterocycles. The molecule has 6 rings (SSSR count). The van der Waals surface area contributed by atoms with Crippen molar-refractivity contribution in [3.63, 3.8) is 0 Å². The summed E-state index contributed by atoms with van der Waals surface area (Å²) in [4.78, 5) is 29.7. The van der Waals surface area contributed by atoms with E-state index in [0.717, 1.165) is 38.5 Å². The lowest BCUT2D eigenvalue weighted by Gasteiger charge is -2.39. The normalized spacial score (nSPS) is 13.5. The molecule has 1 aliphatic rings. The van der Waals surface area contributed by atoms with Crippen LogP contribution in [0.1, 0.15) is 30.6 Å². The Labute approximate surface area is 230 Å². The molecule has 0 saturated carbocycles. The van der Waals surface area contributed by atoms with Crippen LogP contribution in [0.3, 0.4) is 0 Å². The van der Waals surface area contributed by atoms with Gasteiger partial charge in [-0.1, -0.05) is 49.4 Å². The van der Waals surface area contributed by atoms with Crippen LogP contribution in [0.25, 0.3) is 32.8 Å². The Kier molecular flexibility index (Phi) is 6.55. The number of nitrogens with zero attached hydrogens (tertiary/aromatic N) is 4. The number of carboxylic acids is 1. The van der Waals surface area contributed by atoms with Crippen LogP contribution < -0.4 is 10.5 Å². The summed E-state index contributed by atoms with van der Waals surface area (Å²) in [5, 5.41) is 17.1. The van der Waals surface area contributed by atoms with E-state index in [1.165, 1.54) is 0 Å². The SMILES string of the molecule is CCC(=O)N1CC(n2nc3ccc(-c4cccc5c(N)nccc45)cc3c2COc2ccccc2CC(=O)O)C1. The highest BCUT2D eigenvalue weighted by atomic mass is 16.5. The second-order valence-electron chi connectivity index (χ2n) is 9.99. The second-order valence-corrected chi connectivity index (χ2v) is 9.99. The minimum absolute atomic E-state index is 0.0302. The Bertz CT molecular complexity index is 1760. The van der Waals surface area contributed by atoms with Crippen LogP contribution in [0.5, 0.6) is 5.75 Å². The van der Waals surface area contributed by atoms with Gasteiger partial charge in [0.2, 0.25) is 5.91 Å². The Hall–Kier alpha value is -4.92. The van der Waals surface area contributed by atoms with Gasteiger partial charge < -0.3 is 20.5 Å². The lowest BCUT2D eigenvalue weighted by molar-refractivity contribution is -0.137. The number of para-hydroxylation sites is 1. The number of carboxylic acid groups (broad SMARTS) is 1. The fourth-order valence-corrected chi connectivity index (χ4v) is 5.39. The highest BCUT2D eigenvalue weighted by Crippen LogP contribution is 2.35. The maximum absolute atomic E-state index is 12.2. The van der Waals surface area contributed by atoms with Gasteiger partial charge in [-0.15, -0.1) is 0 Å². The number of anilines is 1. The number of aromatic nitrogens is 3. The molecular formula is C31H29N5O4. The van der Waals surface area contributed by atoms with Gasteiger partial charge in [0.1, 0.15) is 18.2 Å². The van der Waals surface area contributed by atoms with Gasteiger partial charge in [0.15, 0.2) is 0 Å². The van der Waals surface area contributed by atoms with Crippen molar-refractivity contribution in [1.29, 1.82) is 0 Å². The number of likely N-dealkylation sites (tertiary alicyclic amines) is 1. The first kappa shape index (κ1) is 25.4. The predicted octanol–water partition coefficient (Wildman–Crippen LogP) is 4.83. The third-order valence-corrected chi connectivity index (χ3v) is 7.49. The Morgan fingerprint density at radius 3 is 2.65 bits per heavy atom. The van der Waals surface area contributed by atoms with E-state index in [0.29, 0.717) is 36.6 Å². The van der Waals surface area contributed by atoms with Crippen LogP contribution >= 0.6 is 0 Å². The third kappa shape index (κ3) is 4.59. The van der Waals surface area contributed by atoms with Crippen molar-refractivity contribution in [2.24, 2.45) is 0 Å². The van der Waals surface area contributed by atoms with Crippen molar-refractivity contribution in [1.82, 2.24) is 19.7 Å². The zero-order valence-corrected chi connectivity index (χ0v) is 22.1. The summed E-state index contributed by atoms with van der Waals surface area (Å²) in [7, 11) is 0. The molecule has 0 radical (unpaired) electrons. The summed E-state index contributed by atoms with van der Waals surface area (Å²) in [6.45, 7) is 3.24. The molecule has 3 heterocycles. The fourth-order valence-electron chi connectivity index (χ4n) is 5.39. The molecule has 5 aromatic rings. The Morgan fingerprint density at radius 2 is 1.85 bits per heavy atom. The van der Waals surface area contributed by atoms with E-state index in [4.69, 9.17) is 15.6 Å². The molecule has 1 amide bonds. The highest BCUT2D eigenvalue weighted by molar-refractivity contribution is 6.02. The Morgan fingerprint density at radius 1 is 1.02 bits per heavy atom. The number of carbonyl (C=O) groups excluding carboxylic acids is 1. The standard InChI is InChI=1S/C31H29N5O4/c1-2-29(37)35-16-21(17-35)36-27(18-40-28-9-4-3-6-20(28)15-30(38)39)25-14-19(10-11-26(25)34-36)22-7-5-8-24-23(22)12-13-33-31(24)32/h3-14,21H,2,15-18H2,1H3,(H2,32,33)(H,38,39). The molecule has 9 nitrogen and oxygen atoms in total. The van der Waals surface area contributed by atoms with Gasteiger partial charge in [-0.05, 0) is 40.8 Å². The van der Waals surface area contributed by atoms with Crippen LogP contribution in [-0.4, -0.2) is 49.7 Å². The quantitative estimate of drug-likeness (QED) is 0.292. The molecule has 0 bridgehead atoms. The van der Waals surface area contributed by atoms with Crippen molar-refractivity contribution in [2.75, 3.05) is 18.8 Å². The van der Waals surface area contributed by atoms with Crippen molar-refractivity contribution in [3.05, 3.63) is 84.2 Å². The number of rotatable bonds is 8.